The SMILES string of the molecule is CC1(C)C(=O)N(c2nc(Cl)cn(C3CCCC3CC(=O)O)c2=O)c2c(F)cc(C3CC3)c(F)c21. The Balaban J connectivity index is 1.68. The molecule has 3 aliphatic rings. The lowest BCUT2D eigenvalue weighted by Crippen LogP contribution is -2.39. The fourth-order valence-corrected chi connectivity index (χ4v) is 5.70. The van der Waals surface area contributed by atoms with Crippen LogP contribution in [-0.2, 0) is 15.0 Å². The Morgan fingerprint density at radius 1 is 1.24 bits per heavy atom. The third-order valence-corrected chi connectivity index (χ3v) is 7.51. The number of hydrogen-bond donors (Lipinski definition) is 1. The zero-order valence-electron chi connectivity index (χ0n) is 18.8. The number of benzene rings is 1. The Labute approximate surface area is 199 Å². The summed E-state index contributed by atoms with van der Waals surface area (Å²) in [7, 11) is 0. The molecule has 34 heavy (non-hydrogen) atoms. The first-order chi connectivity index (χ1) is 16.0. The first kappa shape index (κ1) is 23.0. The molecule has 0 spiro atoms. The number of carbonyl (C=O) groups excluding carboxylic acids is 1. The summed E-state index contributed by atoms with van der Waals surface area (Å²) < 4.78 is 32.3. The van der Waals surface area contributed by atoms with Gasteiger partial charge in [-0.2, -0.15) is 0 Å². The first-order valence-electron chi connectivity index (χ1n) is 11.4. The van der Waals surface area contributed by atoms with Crippen LogP contribution < -0.4 is 10.5 Å². The van der Waals surface area contributed by atoms with Crippen LogP contribution in [0.5, 0.6) is 0 Å². The number of aromatic nitrogens is 2. The molecule has 2 atom stereocenters. The molecule has 180 valence electrons. The van der Waals surface area contributed by atoms with E-state index in [0.717, 1.165) is 30.2 Å². The number of fused-ring (bicyclic) bond motifs is 1. The second kappa shape index (κ2) is 7.86. The number of hydrogen-bond acceptors (Lipinski definition) is 4. The van der Waals surface area contributed by atoms with Gasteiger partial charge in [-0.3, -0.25) is 19.3 Å². The van der Waals surface area contributed by atoms with Crippen LogP contribution >= 0.6 is 11.6 Å². The van der Waals surface area contributed by atoms with Gasteiger partial charge in [-0.15, -0.1) is 0 Å². The van der Waals surface area contributed by atoms with Crippen molar-refractivity contribution in [2.75, 3.05) is 4.90 Å². The van der Waals surface area contributed by atoms with E-state index in [0.29, 0.717) is 12.8 Å². The fourth-order valence-electron chi connectivity index (χ4n) is 5.51. The highest BCUT2D eigenvalue weighted by molar-refractivity contribution is 6.29. The van der Waals surface area contributed by atoms with Gasteiger partial charge in [0.05, 0.1) is 17.5 Å². The topological polar surface area (TPSA) is 92.5 Å². The van der Waals surface area contributed by atoms with Gasteiger partial charge in [0.2, 0.25) is 11.7 Å². The van der Waals surface area contributed by atoms with E-state index < -0.39 is 46.3 Å². The van der Waals surface area contributed by atoms with Crippen molar-refractivity contribution in [2.45, 2.75) is 69.7 Å². The van der Waals surface area contributed by atoms with Crippen molar-refractivity contribution in [1.82, 2.24) is 9.55 Å². The highest BCUT2D eigenvalue weighted by Gasteiger charge is 2.51. The first-order valence-corrected chi connectivity index (χ1v) is 11.8. The molecule has 1 aromatic carbocycles. The van der Waals surface area contributed by atoms with Crippen molar-refractivity contribution in [2.24, 2.45) is 5.92 Å². The van der Waals surface area contributed by atoms with Crippen LogP contribution in [0.1, 0.15) is 75.5 Å². The van der Waals surface area contributed by atoms with E-state index in [1.165, 1.54) is 24.6 Å². The molecule has 1 aromatic heterocycles. The summed E-state index contributed by atoms with van der Waals surface area (Å²) in [6.45, 7) is 2.99. The molecular weight excluding hydrogens is 468 g/mol. The summed E-state index contributed by atoms with van der Waals surface area (Å²) in [5.41, 5.74) is -2.28. The minimum Gasteiger partial charge on any atom is -0.481 e. The number of carboxylic acids is 1. The van der Waals surface area contributed by atoms with Gasteiger partial charge < -0.3 is 9.67 Å². The van der Waals surface area contributed by atoms with Crippen LogP contribution in [-0.4, -0.2) is 26.5 Å². The van der Waals surface area contributed by atoms with Gasteiger partial charge in [0, 0.05) is 17.8 Å². The molecule has 2 aliphatic carbocycles. The molecule has 10 heteroatoms. The number of carboxylic acid groups (broad SMARTS) is 1. The van der Waals surface area contributed by atoms with Crippen molar-refractivity contribution in [3.8, 4) is 0 Å². The lowest BCUT2D eigenvalue weighted by Gasteiger charge is -2.24. The zero-order chi connectivity index (χ0) is 24.5. The van der Waals surface area contributed by atoms with E-state index in [-0.39, 0.29) is 40.2 Å². The fraction of sp³-hybridized carbons (Fsp3) is 0.500. The Morgan fingerprint density at radius 3 is 2.59 bits per heavy atom. The molecular formula is C24H24ClF2N3O4. The van der Waals surface area contributed by atoms with Gasteiger partial charge in [0.15, 0.2) is 0 Å². The lowest BCUT2D eigenvalue weighted by molar-refractivity contribution is -0.138. The number of carbonyl (C=O) groups is 2. The third kappa shape index (κ3) is 3.43. The maximum absolute atomic E-state index is 15.5. The van der Waals surface area contributed by atoms with Gasteiger partial charge in [-0.05, 0) is 63.0 Å². The summed E-state index contributed by atoms with van der Waals surface area (Å²) in [6, 6.07) is 0.656. The molecule has 2 saturated carbocycles. The molecule has 1 N–H and O–H groups in total. The molecule has 2 heterocycles. The Morgan fingerprint density at radius 2 is 1.94 bits per heavy atom. The molecule has 1 amide bonds. The second-order valence-corrected chi connectivity index (χ2v) is 10.4. The molecule has 0 radical (unpaired) electrons. The van der Waals surface area contributed by atoms with Crippen molar-refractivity contribution in [1.29, 1.82) is 0 Å². The molecule has 7 nitrogen and oxygen atoms in total. The van der Waals surface area contributed by atoms with E-state index in [2.05, 4.69) is 4.98 Å². The maximum Gasteiger partial charge on any atom is 0.303 e. The summed E-state index contributed by atoms with van der Waals surface area (Å²) in [5, 5.41) is 9.15. The van der Waals surface area contributed by atoms with Gasteiger partial charge >= 0.3 is 5.97 Å². The van der Waals surface area contributed by atoms with Gasteiger partial charge in [0.25, 0.3) is 5.56 Å². The Bertz CT molecular complexity index is 1290. The molecule has 0 saturated heterocycles. The maximum atomic E-state index is 15.5. The van der Waals surface area contributed by atoms with Gasteiger partial charge in [-0.25, -0.2) is 13.8 Å². The number of nitrogens with zero attached hydrogens (tertiary/aromatic N) is 3. The largest absolute Gasteiger partial charge is 0.481 e. The van der Waals surface area contributed by atoms with Gasteiger partial charge in [-0.1, -0.05) is 18.0 Å². The lowest BCUT2D eigenvalue weighted by atomic mass is 9.84. The summed E-state index contributed by atoms with van der Waals surface area (Å²) in [6.07, 6.45) is 4.63. The predicted octanol–water partition coefficient (Wildman–Crippen LogP) is 4.82. The number of halogens is 3. The van der Waals surface area contributed by atoms with Crippen LogP contribution in [0, 0.1) is 17.6 Å². The molecule has 2 fully saturated rings. The van der Waals surface area contributed by atoms with Crippen molar-refractivity contribution < 1.29 is 23.5 Å². The van der Waals surface area contributed by atoms with E-state index in [1.807, 2.05) is 0 Å². The minimum absolute atomic E-state index is 0.0743. The minimum atomic E-state index is -1.42. The van der Waals surface area contributed by atoms with Crippen LogP contribution in [0.4, 0.5) is 20.3 Å². The predicted molar refractivity (Wildman–Crippen MR) is 121 cm³/mol. The van der Waals surface area contributed by atoms with Crippen LogP contribution in [0.3, 0.4) is 0 Å². The highest BCUT2D eigenvalue weighted by atomic mass is 35.5. The highest BCUT2D eigenvalue weighted by Crippen LogP contribution is 2.51. The molecule has 2 aromatic rings. The van der Waals surface area contributed by atoms with E-state index in [4.69, 9.17) is 11.6 Å². The molecule has 0 bridgehead atoms. The van der Waals surface area contributed by atoms with E-state index in [1.54, 1.807) is 0 Å². The number of amides is 1. The third-order valence-electron chi connectivity index (χ3n) is 7.33. The monoisotopic (exact) mass is 491 g/mol. The molecule has 2 unspecified atom stereocenters. The Hall–Kier alpha value is -2.81. The van der Waals surface area contributed by atoms with Gasteiger partial charge in [0.1, 0.15) is 16.8 Å². The van der Waals surface area contributed by atoms with E-state index >= 15 is 8.78 Å². The van der Waals surface area contributed by atoms with Crippen LogP contribution in [0.25, 0.3) is 0 Å². The summed E-state index contributed by atoms with van der Waals surface area (Å²) in [4.78, 5) is 43.2. The zero-order valence-corrected chi connectivity index (χ0v) is 19.5. The summed E-state index contributed by atoms with van der Waals surface area (Å²) >= 11 is 6.23. The number of rotatable bonds is 5. The normalized spacial score (nSPS) is 23.4. The second-order valence-electron chi connectivity index (χ2n) is 9.98. The summed E-state index contributed by atoms with van der Waals surface area (Å²) in [5.74, 6) is -3.86. The quantitative estimate of drug-likeness (QED) is 0.647. The molecule has 5 rings (SSSR count). The number of anilines is 2. The molecule has 1 aliphatic heterocycles. The van der Waals surface area contributed by atoms with Crippen molar-refractivity contribution in [3.63, 3.8) is 0 Å². The van der Waals surface area contributed by atoms with E-state index in [9.17, 15) is 19.5 Å². The average Bonchev–Trinajstić information content (AvgIpc) is 3.46. The average molecular weight is 492 g/mol. The van der Waals surface area contributed by atoms with Crippen LogP contribution in [0.2, 0.25) is 5.15 Å². The standard InChI is InChI=1S/C24H24ClF2N3O4/c1-24(2)18-19(27)13(11-6-7-11)9-14(26)20(18)30(23(24)34)21-22(33)29(10-16(25)28-21)15-5-3-4-12(15)8-17(31)32/h9-12,15H,3-8H2,1-2H3,(H,31,32). The smallest absolute Gasteiger partial charge is 0.303 e. The van der Waals surface area contributed by atoms with Crippen molar-refractivity contribution in [3.05, 3.63) is 50.5 Å². The number of aliphatic carboxylic acids is 1. The van der Waals surface area contributed by atoms with Crippen molar-refractivity contribution >= 4 is 35.0 Å². The Kier molecular flexibility index (Phi) is 5.31. The van der Waals surface area contributed by atoms with Crippen LogP contribution in [0.15, 0.2) is 17.1 Å².